The van der Waals surface area contributed by atoms with Crippen LogP contribution in [0.15, 0.2) is 46.0 Å². The lowest BCUT2D eigenvalue weighted by molar-refractivity contribution is -0.144. The van der Waals surface area contributed by atoms with Gasteiger partial charge in [0.25, 0.3) is 15.9 Å². The number of rotatable bonds is 5. The largest absolute Gasteiger partial charge is 0.476 e. The van der Waals surface area contributed by atoms with Gasteiger partial charge in [0.05, 0.1) is 5.02 Å². The first-order valence-electron chi connectivity index (χ1n) is 10.4. The molecule has 0 radical (unpaired) electrons. The number of hydrogen-bond donors (Lipinski definition) is 0. The lowest BCUT2D eigenvalue weighted by Crippen LogP contribution is -2.49. The number of para-hydroxylation sites is 1. The molecular weight excluding hydrogens is 456 g/mol. The van der Waals surface area contributed by atoms with E-state index >= 15 is 0 Å². The summed E-state index contributed by atoms with van der Waals surface area (Å²) in [6, 6.07) is 10.5. The van der Waals surface area contributed by atoms with E-state index in [0.29, 0.717) is 41.2 Å². The molecule has 0 saturated carbocycles. The van der Waals surface area contributed by atoms with Gasteiger partial charge in [0.2, 0.25) is 0 Å². The summed E-state index contributed by atoms with van der Waals surface area (Å²) in [6.45, 7) is 5.79. The molecular formula is C22H27ClN2O4S2. The summed E-state index contributed by atoms with van der Waals surface area (Å²) in [6.07, 6.45) is 2.40. The maximum Gasteiger partial charge on any atom is 0.266 e. The zero-order chi connectivity index (χ0) is 22.3. The number of likely N-dealkylation sites (tertiary alicyclic amines) is 1. The number of ether oxygens (including phenoxy) is 1. The Balaban J connectivity index is 1.39. The van der Waals surface area contributed by atoms with E-state index in [-0.39, 0.29) is 11.3 Å². The van der Waals surface area contributed by atoms with Gasteiger partial charge in [-0.3, -0.25) is 4.79 Å². The Bertz CT molecular complexity index is 1050. The van der Waals surface area contributed by atoms with Crippen molar-refractivity contribution in [2.24, 2.45) is 5.41 Å². The van der Waals surface area contributed by atoms with Crippen molar-refractivity contribution >= 4 is 38.9 Å². The van der Waals surface area contributed by atoms with Crippen molar-refractivity contribution in [1.29, 1.82) is 0 Å². The first kappa shape index (κ1) is 22.6. The van der Waals surface area contributed by atoms with Crippen molar-refractivity contribution in [3.63, 3.8) is 0 Å². The maximum absolute atomic E-state index is 13.2. The highest BCUT2D eigenvalue weighted by Crippen LogP contribution is 2.42. The molecule has 2 fully saturated rings. The number of halogens is 1. The van der Waals surface area contributed by atoms with Gasteiger partial charge in [-0.15, -0.1) is 11.3 Å². The van der Waals surface area contributed by atoms with Crippen molar-refractivity contribution in [3.05, 3.63) is 46.8 Å². The van der Waals surface area contributed by atoms with E-state index < -0.39 is 15.6 Å². The Labute approximate surface area is 192 Å². The van der Waals surface area contributed by atoms with Gasteiger partial charge < -0.3 is 9.64 Å². The van der Waals surface area contributed by atoms with Gasteiger partial charge in [-0.25, -0.2) is 8.42 Å². The van der Waals surface area contributed by atoms with Crippen LogP contribution in [0, 0.1) is 5.41 Å². The predicted molar refractivity (Wildman–Crippen MR) is 122 cm³/mol. The number of piperidine rings is 1. The van der Waals surface area contributed by atoms with Crippen molar-refractivity contribution in [2.75, 3.05) is 26.2 Å². The van der Waals surface area contributed by atoms with E-state index in [1.54, 1.807) is 47.8 Å². The minimum Gasteiger partial charge on any atom is -0.476 e. The average Bonchev–Trinajstić information content (AvgIpc) is 3.41. The number of carbonyl (C=O) groups is 1. The van der Waals surface area contributed by atoms with Crippen LogP contribution in [0.5, 0.6) is 5.75 Å². The van der Waals surface area contributed by atoms with Gasteiger partial charge in [0.15, 0.2) is 5.60 Å². The number of thiophene rings is 1. The number of sulfonamides is 1. The summed E-state index contributed by atoms with van der Waals surface area (Å²) < 4.78 is 33.6. The summed E-state index contributed by atoms with van der Waals surface area (Å²) >= 11 is 7.45. The fourth-order valence-corrected chi connectivity index (χ4v) is 7.24. The zero-order valence-electron chi connectivity index (χ0n) is 17.7. The van der Waals surface area contributed by atoms with E-state index in [4.69, 9.17) is 16.3 Å². The normalized spacial score (nSPS) is 19.6. The molecule has 0 N–H and O–H groups in total. The number of hydrogen-bond acceptors (Lipinski definition) is 5. The van der Waals surface area contributed by atoms with Crippen LogP contribution in [0.2, 0.25) is 5.02 Å². The lowest BCUT2D eigenvalue weighted by atomic mass is 9.78. The standard InChI is InChI=1S/C22H27ClN2O4S2/c1-21(2,29-18-7-4-3-6-17(18)23)20(26)24-12-9-22(16-24)10-13-25(14-11-22)31(27,28)19-8-5-15-30-19/h3-8,15H,9-14,16H2,1-2H3. The van der Waals surface area contributed by atoms with E-state index in [1.807, 2.05) is 17.0 Å². The summed E-state index contributed by atoms with van der Waals surface area (Å²) in [5.41, 5.74) is -1.07. The van der Waals surface area contributed by atoms with Gasteiger partial charge in [0.1, 0.15) is 9.96 Å². The smallest absolute Gasteiger partial charge is 0.266 e. The van der Waals surface area contributed by atoms with Crippen LogP contribution in [0.3, 0.4) is 0 Å². The van der Waals surface area contributed by atoms with Gasteiger partial charge in [-0.1, -0.05) is 29.8 Å². The number of amides is 1. The molecule has 6 nitrogen and oxygen atoms in total. The van der Waals surface area contributed by atoms with Crippen molar-refractivity contribution in [3.8, 4) is 5.75 Å². The van der Waals surface area contributed by atoms with Gasteiger partial charge in [-0.2, -0.15) is 4.31 Å². The van der Waals surface area contributed by atoms with Crippen LogP contribution in [0.4, 0.5) is 0 Å². The van der Waals surface area contributed by atoms with Crippen LogP contribution >= 0.6 is 22.9 Å². The average molecular weight is 483 g/mol. The van der Waals surface area contributed by atoms with Crippen LogP contribution in [0.25, 0.3) is 0 Å². The molecule has 9 heteroatoms. The van der Waals surface area contributed by atoms with E-state index in [1.165, 1.54) is 11.3 Å². The molecule has 2 aliphatic rings. The molecule has 4 rings (SSSR count). The van der Waals surface area contributed by atoms with E-state index in [0.717, 1.165) is 19.3 Å². The molecule has 2 saturated heterocycles. The second-order valence-corrected chi connectivity index (χ2v) is 12.4. The summed E-state index contributed by atoms with van der Waals surface area (Å²) in [5.74, 6) is 0.418. The van der Waals surface area contributed by atoms with Crippen molar-refractivity contribution in [2.45, 2.75) is 42.9 Å². The highest BCUT2D eigenvalue weighted by atomic mass is 35.5. The first-order chi connectivity index (χ1) is 14.6. The molecule has 1 spiro atoms. The molecule has 0 bridgehead atoms. The molecule has 2 aromatic rings. The minimum absolute atomic E-state index is 0.0302. The molecule has 0 unspecified atom stereocenters. The van der Waals surface area contributed by atoms with Gasteiger partial charge in [0, 0.05) is 26.2 Å². The van der Waals surface area contributed by atoms with Crippen molar-refractivity contribution in [1.82, 2.24) is 9.21 Å². The third-order valence-corrected chi connectivity index (χ3v) is 9.90. The molecule has 168 valence electrons. The second-order valence-electron chi connectivity index (χ2n) is 8.86. The number of carbonyl (C=O) groups excluding carboxylic acids is 1. The third-order valence-electron chi connectivity index (χ3n) is 6.31. The maximum atomic E-state index is 13.2. The Morgan fingerprint density at radius 1 is 1.10 bits per heavy atom. The predicted octanol–water partition coefficient (Wildman–Crippen LogP) is 4.26. The Hall–Kier alpha value is -1.61. The van der Waals surface area contributed by atoms with E-state index in [2.05, 4.69) is 0 Å². The summed E-state index contributed by atoms with van der Waals surface area (Å²) in [4.78, 5) is 15.1. The molecule has 1 aromatic carbocycles. The van der Waals surface area contributed by atoms with Crippen LogP contribution < -0.4 is 4.74 Å². The molecule has 3 heterocycles. The van der Waals surface area contributed by atoms with Crippen LogP contribution in [-0.2, 0) is 14.8 Å². The van der Waals surface area contributed by atoms with Gasteiger partial charge >= 0.3 is 0 Å². The fourth-order valence-electron chi connectivity index (χ4n) is 4.48. The monoisotopic (exact) mass is 482 g/mol. The second kappa shape index (κ2) is 8.39. The van der Waals surface area contributed by atoms with E-state index in [9.17, 15) is 13.2 Å². The Morgan fingerprint density at radius 3 is 2.42 bits per heavy atom. The van der Waals surface area contributed by atoms with Crippen molar-refractivity contribution < 1.29 is 17.9 Å². The highest BCUT2D eigenvalue weighted by molar-refractivity contribution is 7.91. The summed E-state index contributed by atoms with van der Waals surface area (Å²) in [7, 11) is -3.42. The van der Waals surface area contributed by atoms with Gasteiger partial charge in [-0.05, 0) is 62.1 Å². The SMILES string of the molecule is CC(C)(Oc1ccccc1Cl)C(=O)N1CCC2(CCN(S(=O)(=O)c3cccs3)CC2)C1. The number of benzene rings is 1. The minimum atomic E-state index is -3.42. The third kappa shape index (κ3) is 4.49. The fraction of sp³-hybridized carbons (Fsp3) is 0.500. The molecule has 31 heavy (non-hydrogen) atoms. The Morgan fingerprint density at radius 2 is 1.77 bits per heavy atom. The zero-order valence-corrected chi connectivity index (χ0v) is 20.1. The lowest BCUT2D eigenvalue weighted by Gasteiger charge is -2.39. The molecule has 0 atom stereocenters. The quantitative estimate of drug-likeness (QED) is 0.638. The molecule has 1 aromatic heterocycles. The van der Waals surface area contributed by atoms with Crippen LogP contribution in [-0.4, -0.2) is 55.3 Å². The summed E-state index contributed by atoms with van der Waals surface area (Å²) in [5, 5.41) is 2.26. The number of nitrogens with zero attached hydrogens (tertiary/aromatic N) is 2. The molecule has 2 aliphatic heterocycles. The van der Waals surface area contributed by atoms with Crippen LogP contribution in [0.1, 0.15) is 33.1 Å². The first-order valence-corrected chi connectivity index (χ1v) is 13.1. The highest BCUT2D eigenvalue weighted by Gasteiger charge is 2.47. The topological polar surface area (TPSA) is 66.9 Å². The molecule has 0 aliphatic carbocycles. The Kier molecular flexibility index (Phi) is 6.11. The molecule has 1 amide bonds.